The number of rotatable bonds is 6. The van der Waals surface area contributed by atoms with Crippen molar-refractivity contribution in [1.82, 2.24) is 14.8 Å². The summed E-state index contributed by atoms with van der Waals surface area (Å²) in [7, 11) is 0. The molecule has 0 aliphatic rings. The van der Waals surface area contributed by atoms with Gasteiger partial charge in [0.2, 0.25) is 0 Å². The van der Waals surface area contributed by atoms with Gasteiger partial charge in [0.05, 0.1) is 12.8 Å². The number of hydrogen-bond acceptors (Lipinski definition) is 4. The first-order valence-electron chi connectivity index (χ1n) is 9.94. The molecule has 0 saturated heterocycles. The van der Waals surface area contributed by atoms with Gasteiger partial charge in [0.25, 0.3) is 0 Å². The van der Waals surface area contributed by atoms with E-state index in [2.05, 4.69) is 55.2 Å². The van der Waals surface area contributed by atoms with E-state index in [0.29, 0.717) is 17.3 Å². The molecule has 4 rings (SSSR count). The van der Waals surface area contributed by atoms with Crippen LogP contribution in [0.4, 0.5) is 4.39 Å². The van der Waals surface area contributed by atoms with Crippen molar-refractivity contribution in [3.63, 3.8) is 0 Å². The predicted molar refractivity (Wildman–Crippen MR) is 123 cm³/mol. The maximum Gasteiger partial charge on any atom is 0.192 e. The molecule has 0 atom stereocenters. The lowest BCUT2D eigenvalue weighted by molar-refractivity contribution is 0.485. The van der Waals surface area contributed by atoms with Crippen LogP contribution in [0.1, 0.15) is 37.7 Å². The van der Waals surface area contributed by atoms with Crippen molar-refractivity contribution < 1.29 is 8.81 Å². The summed E-state index contributed by atoms with van der Waals surface area (Å²) in [5, 5.41) is 10.0. The van der Waals surface area contributed by atoms with Crippen molar-refractivity contribution in [3.8, 4) is 11.4 Å². The van der Waals surface area contributed by atoms with E-state index in [1.807, 2.05) is 16.7 Å². The largest absolute Gasteiger partial charge is 0.467 e. The minimum Gasteiger partial charge on any atom is -0.467 e. The molecule has 4 aromatic rings. The van der Waals surface area contributed by atoms with Crippen LogP contribution in [-0.2, 0) is 17.7 Å². The first kappa shape index (κ1) is 21.7. The van der Waals surface area contributed by atoms with Gasteiger partial charge in [-0.1, -0.05) is 74.5 Å². The number of furan rings is 1. The lowest BCUT2D eigenvalue weighted by Gasteiger charge is -2.19. The number of aromatic nitrogens is 3. The number of hydrogen-bond donors (Lipinski definition) is 0. The van der Waals surface area contributed by atoms with E-state index in [1.165, 1.54) is 29.5 Å². The first-order chi connectivity index (χ1) is 14.8. The highest BCUT2D eigenvalue weighted by Gasteiger charge is 2.18. The smallest absolute Gasteiger partial charge is 0.192 e. The minimum absolute atomic E-state index is 0.0792. The summed E-state index contributed by atoms with van der Waals surface area (Å²) in [5.74, 6) is 1.79. The van der Waals surface area contributed by atoms with Gasteiger partial charge in [-0.15, -0.1) is 10.2 Å². The number of thioether (sulfide) groups is 1. The van der Waals surface area contributed by atoms with Gasteiger partial charge in [0.15, 0.2) is 11.0 Å². The van der Waals surface area contributed by atoms with Gasteiger partial charge in [-0.3, -0.25) is 4.57 Å². The Labute approximate surface area is 190 Å². The molecule has 0 amide bonds. The molecule has 0 N–H and O–H groups in total. The van der Waals surface area contributed by atoms with Crippen molar-refractivity contribution in [2.24, 2.45) is 0 Å². The Morgan fingerprint density at radius 2 is 1.84 bits per heavy atom. The molecule has 2 aromatic heterocycles. The van der Waals surface area contributed by atoms with Crippen molar-refractivity contribution in [1.29, 1.82) is 0 Å². The summed E-state index contributed by atoms with van der Waals surface area (Å²) < 4.78 is 20.9. The third kappa shape index (κ3) is 5.02. The molecule has 7 heteroatoms. The number of benzene rings is 2. The van der Waals surface area contributed by atoms with Crippen LogP contribution in [0.3, 0.4) is 0 Å². The molecular weight excluding hydrogens is 433 g/mol. The molecule has 0 fully saturated rings. The first-order valence-corrected chi connectivity index (χ1v) is 11.3. The summed E-state index contributed by atoms with van der Waals surface area (Å²) in [4.78, 5) is 0. The maximum absolute atomic E-state index is 13.4. The highest BCUT2D eigenvalue weighted by molar-refractivity contribution is 7.98. The molecular formula is C24H23ClFN3OS. The van der Waals surface area contributed by atoms with Crippen molar-refractivity contribution >= 4 is 23.4 Å². The SMILES string of the molecule is CC(C)(C)c1ccc(-c2nnc(SCc3ccc(F)cc3Cl)n2Cc2ccco2)cc1. The standard InChI is InChI=1S/C24H23ClFN3OS/c1-24(2,3)18-9-6-16(7-10-18)22-27-28-23(29(22)14-20-5-4-12-30-20)31-15-17-8-11-19(26)13-21(17)25/h4-13H,14-15H2,1-3H3. The van der Waals surface area contributed by atoms with E-state index in [4.69, 9.17) is 16.0 Å². The van der Waals surface area contributed by atoms with Crippen molar-refractivity contribution in [2.75, 3.05) is 0 Å². The number of nitrogens with zero attached hydrogens (tertiary/aromatic N) is 3. The second kappa shape index (κ2) is 8.89. The quantitative estimate of drug-likeness (QED) is 0.294. The Morgan fingerprint density at radius 3 is 2.48 bits per heavy atom. The fraction of sp³-hybridized carbons (Fsp3) is 0.250. The Hall–Kier alpha value is -2.57. The van der Waals surface area contributed by atoms with Crippen molar-refractivity contribution in [2.45, 2.75) is 43.6 Å². The molecule has 0 spiro atoms. The van der Waals surface area contributed by atoms with Crippen LogP contribution in [0.2, 0.25) is 5.02 Å². The third-order valence-electron chi connectivity index (χ3n) is 4.99. The lowest BCUT2D eigenvalue weighted by Crippen LogP contribution is -2.10. The van der Waals surface area contributed by atoms with E-state index in [1.54, 1.807) is 12.3 Å². The summed E-state index contributed by atoms with van der Waals surface area (Å²) in [6, 6.07) is 16.6. The molecule has 0 aliphatic carbocycles. The van der Waals surface area contributed by atoms with Crippen LogP contribution in [0.5, 0.6) is 0 Å². The highest BCUT2D eigenvalue weighted by atomic mass is 35.5. The monoisotopic (exact) mass is 455 g/mol. The van der Waals surface area contributed by atoms with Crippen LogP contribution < -0.4 is 0 Å². The zero-order valence-corrected chi connectivity index (χ0v) is 19.2. The summed E-state index contributed by atoms with van der Waals surface area (Å²) >= 11 is 7.70. The molecule has 2 heterocycles. The average Bonchev–Trinajstić information content (AvgIpc) is 3.37. The Bertz CT molecular complexity index is 1160. The van der Waals surface area contributed by atoms with Crippen LogP contribution in [-0.4, -0.2) is 14.8 Å². The summed E-state index contributed by atoms with van der Waals surface area (Å²) in [6.07, 6.45) is 1.66. The zero-order valence-electron chi connectivity index (χ0n) is 17.6. The van der Waals surface area contributed by atoms with Gasteiger partial charge in [-0.25, -0.2) is 4.39 Å². The van der Waals surface area contributed by atoms with Gasteiger partial charge in [0.1, 0.15) is 11.6 Å². The number of halogens is 2. The Balaban J connectivity index is 1.65. The van der Waals surface area contributed by atoms with Crippen LogP contribution in [0, 0.1) is 5.82 Å². The van der Waals surface area contributed by atoms with Crippen LogP contribution >= 0.6 is 23.4 Å². The Kier molecular flexibility index (Phi) is 6.21. The molecule has 0 unspecified atom stereocenters. The summed E-state index contributed by atoms with van der Waals surface area (Å²) in [6.45, 7) is 7.08. The average molecular weight is 456 g/mol. The molecule has 0 saturated carbocycles. The van der Waals surface area contributed by atoms with E-state index in [9.17, 15) is 4.39 Å². The molecule has 4 nitrogen and oxygen atoms in total. The van der Waals surface area contributed by atoms with E-state index in [0.717, 1.165) is 27.9 Å². The highest BCUT2D eigenvalue weighted by Crippen LogP contribution is 2.31. The molecule has 0 radical (unpaired) electrons. The normalized spacial score (nSPS) is 11.8. The summed E-state index contributed by atoms with van der Waals surface area (Å²) in [5.41, 5.74) is 3.17. The fourth-order valence-corrected chi connectivity index (χ4v) is 4.47. The van der Waals surface area contributed by atoms with Gasteiger partial charge in [-0.2, -0.15) is 0 Å². The van der Waals surface area contributed by atoms with Crippen LogP contribution in [0.15, 0.2) is 70.4 Å². The maximum atomic E-state index is 13.4. The van der Waals surface area contributed by atoms with E-state index < -0.39 is 0 Å². The molecule has 0 bridgehead atoms. The van der Waals surface area contributed by atoms with Gasteiger partial charge >= 0.3 is 0 Å². The molecule has 2 aromatic carbocycles. The second-order valence-electron chi connectivity index (χ2n) is 8.32. The predicted octanol–water partition coefficient (Wildman–Crippen LogP) is 6.97. The van der Waals surface area contributed by atoms with E-state index in [-0.39, 0.29) is 11.2 Å². The topological polar surface area (TPSA) is 43.9 Å². The third-order valence-corrected chi connectivity index (χ3v) is 6.36. The second-order valence-corrected chi connectivity index (χ2v) is 9.67. The molecule has 31 heavy (non-hydrogen) atoms. The Morgan fingerprint density at radius 1 is 1.06 bits per heavy atom. The van der Waals surface area contributed by atoms with Gasteiger partial charge < -0.3 is 4.42 Å². The zero-order chi connectivity index (χ0) is 22.0. The van der Waals surface area contributed by atoms with Gasteiger partial charge in [0, 0.05) is 16.3 Å². The minimum atomic E-state index is -0.347. The van der Waals surface area contributed by atoms with E-state index >= 15 is 0 Å². The molecule has 160 valence electrons. The van der Waals surface area contributed by atoms with Gasteiger partial charge in [-0.05, 0) is 40.8 Å². The fourth-order valence-electron chi connectivity index (χ4n) is 3.21. The molecule has 0 aliphatic heterocycles. The van der Waals surface area contributed by atoms with Crippen molar-refractivity contribution in [3.05, 3.63) is 88.6 Å². The van der Waals surface area contributed by atoms with Crippen LogP contribution in [0.25, 0.3) is 11.4 Å². The lowest BCUT2D eigenvalue weighted by atomic mass is 9.87.